The first kappa shape index (κ1) is 22.2. The van der Waals surface area contributed by atoms with Crippen LogP contribution in [-0.4, -0.2) is 29.4 Å². The maximum atomic E-state index is 10.6. The molecule has 6 heteroatoms. The molecule has 0 bridgehead atoms. The van der Waals surface area contributed by atoms with Crippen LogP contribution in [0.5, 0.6) is 0 Å². The van der Waals surface area contributed by atoms with Crippen molar-refractivity contribution in [1.82, 2.24) is 0 Å². The first-order valence-corrected chi connectivity index (χ1v) is 8.44. The molecule has 0 spiro atoms. The van der Waals surface area contributed by atoms with E-state index in [0.29, 0.717) is 6.42 Å². The Morgan fingerprint density at radius 1 is 0.895 bits per heavy atom. The van der Waals surface area contributed by atoms with E-state index in [1.54, 1.807) is 0 Å². The van der Waals surface area contributed by atoms with Gasteiger partial charge in [-0.05, 0) is 26.7 Å². The minimum atomic E-state index is -4.09. The molecule has 1 N–H and O–H groups in total. The second-order valence-electron chi connectivity index (χ2n) is 5.20. The Bertz CT molecular complexity index is 291. The first-order valence-electron chi connectivity index (χ1n) is 6.97. The van der Waals surface area contributed by atoms with Gasteiger partial charge in [0.2, 0.25) is 0 Å². The summed E-state index contributed by atoms with van der Waals surface area (Å²) in [5.74, 6) is 0. The van der Waals surface area contributed by atoms with Gasteiger partial charge in [-0.15, -0.1) is 0 Å². The van der Waals surface area contributed by atoms with Crippen LogP contribution in [0.2, 0.25) is 0 Å². The summed E-state index contributed by atoms with van der Waals surface area (Å²) in [4.78, 5) is 0. The zero-order valence-electron chi connectivity index (χ0n) is 12.6. The Morgan fingerprint density at radius 2 is 1.26 bits per heavy atom. The molecule has 110 valence electrons. The van der Waals surface area contributed by atoms with E-state index < -0.39 is 15.4 Å². The van der Waals surface area contributed by atoms with Crippen LogP contribution in [0.25, 0.3) is 0 Å². The molecule has 0 aromatic carbocycles. The number of aliphatic hydroxyl groups is 1. The van der Waals surface area contributed by atoms with Crippen LogP contribution in [0.15, 0.2) is 0 Å². The van der Waals surface area contributed by atoms with E-state index in [2.05, 4.69) is 0 Å². The molecule has 19 heavy (non-hydrogen) atoms. The molecule has 0 amide bonds. The molecule has 0 radical (unpaired) electrons. The van der Waals surface area contributed by atoms with Crippen LogP contribution in [0, 0.1) is 0 Å². The van der Waals surface area contributed by atoms with E-state index in [4.69, 9.17) is 5.11 Å². The molecule has 4 nitrogen and oxygen atoms in total. The second kappa shape index (κ2) is 12.6. The van der Waals surface area contributed by atoms with Crippen LogP contribution in [0.4, 0.5) is 0 Å². The zero-order valence-corrected chi connectivity index (χ0v) is 15.4. The average Bonchev–Trinajstić information content (AvgIpc) is 2.24. The van der Waals surface area contributed by atoms with Crippen molar-refractivity contribution in [3.63, 3.8) is 0 Å². The summed E-state index contributed by atoms with van der Waals surface area (Å²) in [6.07, 6.45) is 8.61. The topological polar surface area (TPSA) is 77.4 Å². The summed E-state index contributed by atoms with van der Waals surface area (Å²) in [6.45, 7) is 3.30. The molecule has 0 heterocycles. The van der Waals surface area contributed by atoms with Crippen LogP contribution in [0.3, 0.4) is 0 Å². The van der Waals surface area contributed by atoms with Gasteiger partial charge in [-0.3, -0.25) is 0 Å². The van der Waals surface area contributed by atoms with Crippen molar-refractivity contribution < 1.29 is 47.6 Å². The fourth-order valence-electron chi connectivity index (χ4n) is 1.90. The van der Waals surface area contributed by atoms with Crippen molar-refractivity contribution in [2.75, 3.05) is 0 Å². The predicted molar refractivity (Wildman–Crippen MR) is 72.4 cm³/mol. The van der Waals surface area contributed by atoms with E-state index in [1.807, 2.05) is 6.92 Å². The summed E-state index contributed by atoms with van der Waals surface area (Å²) < 4.78 is 31.9. The Balaban J connectivity index is 0. The third-order valence-corrected chi connectivity index (χ3v) is 4.45. The van der Waals surface area contributed by atoms with Gasteiger partial charge < -0.3 is 9.66 Å². The fourth-order valence-corrected chi connectivity index (χ4v) is 2.36. The fraction of sp³-hybridized carbons (Fsp3) is 1.00. The Morgan fingerprint density at radius 3 is 1.63 bits per heavy atom. The quantitative estimate of drug-likeness (QED) is 0.326. The van der Waals surface area contributed by atoms with Crippen molar-refractivity contribution in [3.05, 3.63) is 0 Å². The predicted octanol–water partition coefficient (Wildman–Crippen LogP) is -0.184. The van der Waals surface area contributed by atoms with Crippen LogP contribution in [0.1, 0.15) is 71.6 Å². The van der Waals surface area contributed by atoms with Gasteiger partial charge in [-0.2, -0.15) is 0 Å². The molecular formula is C13H27NaO4S. The van der Waals surface area contributed by atoms with Gasteiger partial charge in [0.15, 0.2) is 0 Å². The zero-order chi connectivity index (χ0) is 14.0. The van der Waals surface area contributed by atoms with Gasteiger partial charge in [0, 0.05) is 5.25 Å². The van der Waals surface area contributed by atoms with E-state index in [-0.39, 0.29) is 35.7 Å². The number of rotatable bonds is 11. The van der Waals surface area contributed by atoms with Crippen molar-refractivity contribution in [1.29, 1.82) is 0 Å². The van der Waals surface area contributed by atoms with Gasteiger partial charge in [-0.25, -0.2) is 8.42 Å². The largest absolute Gasteiger partial charge is 1.00 e. The third kappa shape index (κ3) is 15.1. The molecular weight excluding hydrogens is 275 g/mol. The normalized spacial score (nSPS) is 14.7. The van der Waals surface area contributed by atoms with Gasteiger partial charge in [-0.1, -0.05) is 44.9 Å². The van der Waals surface area contributed by atoms with E-state index >= 15 is 0 Å². The summed E-state index contributed by atoms with van der Waals surface area (Å²) >= 11 is 0. The summed E-state index contributed by atoms with van der Waals surface area (Å²) in [5, 5.41) is 8.32. The second-order valence-corrected chi connectivity index (χ2v) is 6.99. The Kier molecular flexibility index (Phi) is 14.7. The molecule has 0 aliphatic heterocycles. The van der Waals surface area contributed by atoms with E-state index in [9.17, 15) is 13.0 Å². The molecule has 0 aliphatic rings. The molecule has 0 fully saturated rings. The SMILES string of the molecule is CC(O)CCCCCCCCCC(C)S(=O)(=O)[O-].[Na+]. The summed E-state index contributed by atoms with van der Waals surface area (Å²) in [5.41, 5.74) is 0. The van der Waals surface area contributed by atoms with E-state index in [1.165, 1.54) is 13.3 Å². The monoisotopic (exact) mass is 302 g/mol. The minimum absolute atomic E-state index is 0. The van der Waals surface area contributed by atoms with Gasteiger partial charge in [0.05, 0.1) is 16.2 Å². The van der Waals surface area contributed by atoms with Gasteiger partial charge >= 0.3 is 29.6 Å². The van der Waals surface area contributed by atoms with Gasteiger partial charge in [0.1, 0.15) is 0 Å². The number of aliphatic hydroxyl groups excluding tert-OH is 1. The third-order valence-electron chi connectivity index (χ3n) is 3.23. The molecule has 0 aliphatic carbocycles. The van der Waals surface area contributed by atoms with Crippen LogP contribution in [-0.2, 0) is 10.1 Å². The Hall–Kier alpha value is 0.870. The van der Waals surface area contributed by atoms with Crippen molar-refractivity contribution in [2.45, 2.75) is 83.0 Å². The molecule has 2 unspecified atom stereocenters. The van der Waals surface area contributed by atoms with Crippen LogP contribution < -0.4 is 29.6 Å². The number of hydrogen-bond donors (Lipinski definition) is 1. The standard InChI is InChI=1S/C13H28O4S.Na/c1-12(14)10-8-6-4-3-5-7-9-11-13(2)18(15,16)17;/h12-14H,3-11H2,1-2H3,(H,15,16,17);/q;+1/p-1. The van der Waals surface area contributed by atoms with Crippen molar-refractivity contribution >= 4 is 10.1 Å². The molecule has 2 atom stereocenters. The number of unbranched alkanes of at least 4 members (excludes halogenated alkanes) is 6. The first-order chi connectivity index (χ1) is 8.34. The maximum Gasteiger partial charge on any atom is 1.00 e. The van der Waals surface area contributed by atoms with Crippen LogP contribution >= 0.6 is 0 Å². The molecule has 0 saturated carbocycles. The summed E-state index contributed by atoms with van der Waals surface area (Å²) in [6, 6.07) is 0. The van der Waals surface area contributed by atoms with Gasteiger partial charge in [0.25, 0.3) is 0 Å². The smallest absolute Gasteiger partial charge is 0.748 e. The minimum Gasteiger partial charge on any atom is -0.748 e. The van der Waals surface area contributed by atoms with Crippen molar-refractivity contribution in [2.24, 2.45) is 0 Å². The average molecular weight is 302 g/mol. The molecule has 0 aromatic rings. The van der Waals surface area contributed by atoms with E-state index in [0.717, 1.165) is 44.9 Å². The molecule has 0 saturated heterocycles. The Labute approximate surface area is 140 Å². The van der Waals surface area contributed by atoms with Crippen molar-refractivity contribution in [3.8, 4) is 0 Å². The molecule has 0 aromatic heterocycles. The molecule has 0 rings (SSSR count). The summed E-state index contributed by atoms with van der Waals surface area (Å²) in [7, 11) is -4.09. The maximum absolute atomic E-state index is 10.6. The number of hydrogen-bond acceptors (Lipinski definition) is 4.